The standard InChI is InChI=1S/C10H21NO2/c1-3-10(2,12)8-11-6-9-4-5-13-7-9/h9,11-12H,3-8H2,1-2H3. The summed E-state index contributed by atoms with van der Waals surface area (Å²) < 4.78 is 5.26. The van der Waals surface area contributed by atoms with E-state index >= 15 is 0 Å². The fourth-order valence-electron chi connectivity index (χ4n) is 1.41. The van der Waals surface area contributed by atoms with Crippen LogP contribution in [0.5, 0.6) is 0 Å². The summed E-state index contributed by atoms with van der Waals surface area (Å²) >= 11 is 0. The van der Waals surface area contributed by atoms with E-state index in [9.17, 15) is 5.11 Å². The van der Waals surface area contributed by atoms with Crippen LogP contribution in [0.4, 0.5) is 0 Å². The highest BCUT2D eigenvalue weighted by molar-refractivity contribution is 4.75. The van der Waals surface area contributed by atoms with Crippen LogP contribution in [-0.4, -0.2) is 37.0 Å². The van der Waals surface area contributed by atoms with Crippen molar-refractivity contribution >= 4 is 0 Å². The number of hydrogen-bond donors (Lipinski definition) is 2. The zero-order valence-electron chi connectivity index (χ0n) is 8.68. The molecule has 0 amide bonds. The summed E-state index contributed by atoms with van der Waals surface area (Å²) in [7, 11) is 0. The van der Waals surface area contributed by atoms with Gasteiger partial charge in [0, 0.05) is 19.7 Å². The van der Waals surface area contributed by atoms with E-state index in [1.54, 1.807) is 0 Å². The first kappa shape index (κ1) is 11.0. The van der Waals surface area contributed by atoms with E-state index in [0.29, 0.717) is 12.5 Å². The van der Waals surface area contributed by atoms with Crippen LogP contribution in [0.3, 0.4) is 0 Å². The van der Waals surface area contributed by atoms with Crippen molar-refractivity contribution in [2.45, 2.75) is 32.3 Å². The van der Waals surface area contributed by atoms with Gasteiger partial charge in [0.2, 0.25) is 0 Å². The maximum atomic E-state index is 9.70. The van der Waals surface area contributed by atoms with E-state index < -0.39 is 5.60 Å². The van der Waals surface area contributed by atoms with Gasteiger partial charge < -0.3 is 15.2 Å². The van der Waals surface area contributed by atoms with Crippen LogP contribution in [0, 0.1) is 5.92 Å². The molecule has 2 atom stereocenters. The third kappa shape index (κ3) is 4.07. The molecule has 1 saturated heterocycles. The van der Waals surface area contributed by atoms with Crippen molar-refractivity contribution in [3.63, 3.8) is 0 Å². The zero-order chi connectivity index (χ0) is 9.73. The molecule has 0 saturated carbocycles. The van der Waals surface area contributed by atoms with Gasteiger partial charge in [-0.15, -0.1) is 0 Å². The molecule has 0 aromatic carbocycles. The first-order valence-electron chi connectivity index (χ1n) is 5.15. The summed E-state index contributed by atoms with van der Waals surface area (Å²) in [5.74, 6) is 0.646. The van der Waals surface area contributed by atoms with Crippen LogP contribution in [-0.2, 0) is 4.74 Å². The molecule has 3 nitrogen and oxygen atoms in total. The summed E-state index contributed by atoms with van der Waals surface area (Å²) in [4.78, 5) is 0. The largest absolute Gasteiger partial charge is 0.389 e. The molecule has 78 valence electrons. The van der Waals surface area contributed by atoms with Crippen molar-refractivity contribution < 1.29 is 9.84 Å². The van der Waals surface area contributed by atoms with Crippen LogP contribution in [0.25, 0.3) is 0 Å². The van der Waals surface area contributed by atoms with E-state index in [-0.39, 0.29) is 0 Å². The van der Waals surface area contributed by atoms with E-state index in [4.69, 9.17) is 4.74 Å². The maximum Gasteiger partial charge on any atom is 0.0740 e. The van der Waals surface area contributed by atoms with Crippen LogP contribution in [0.2, 0.25) is 0 Å². The number of aliphatic hydroxyl groups is 1. The molecule has 0 bridgehead atoms. The zero-order valence-corrected chi connectivity index (χ0v) is 8.68. The molecule has 13 heavy (non-hydrogen) atoms. The summed E-state index contributed by atoms with van der Waals surface area (Å²) in [6.45, 7) is 7.29. The topological polar surface area (TPSA) is 41.5 Å². The molecule has 1 rings (SSSR count). The smallest absolute Gasteiger partial charge is 0.0740 e. The quantitative estimate of drug-likeness (QED) is 0.668. The molecule has 2 N–H and O–H groups in total. The highest BCUT2D eigenvalue weighted by Gasteiger charge is 2.19. The molecule has 0 aromatic heterocycles. The lowest BCUT2D eigenvalue weighted by Gasteiger charge is -2.22. The summed E-state index contributed by atoms with van der Waals surface area (Å²) in [6, 6.07) is 0. The minimum absolute atomic E-state index is 0.556. The third-order valence-electron chi connectivity index (χ3n) is 2.72. The first-order valence-corrected chi connectivity index (χ1v) is 5.15. The van der Waals surface area contributed by atoms with Crippen molar-refractivity contribution in [1.82, 2.24) is 5.32 Å². The normalized spacial score (nSPS) is 27.5. The maximum absolute atomic E-state index is 9.70. The van der Waals surface area contributed by atoms with Gasteiger partial charge in [0.05, 0.1) is 12.2 Å². The Morgan fingerprint density at radius 1 is 1.62 bits per heavy atom. The number of ether oxygens (including phenoxy) is 1. The Morgan fingerprint density at radius 2 is 2.38 bits per heavy atom. The van der Waals surface area contributed by atoms with E-state index in [2.05, 4.69) is 5.32 Å². The lowest BCUT2D eigenvalue weighted by molar-refractivity contribution is 0.0547. The molecule has 1 heterocycles. The second-order valence-electron chi connectivity index (χ2n) is 4.21. The average Bonchev–Trinajstić information content (AvgIpc) is 2.57. The Labute approximate surface area is 80.5 Å². The third-order valence-corrected chi connectivity index (χ3v) is 2.72. The fourth-order valence-corrected chi connectivity index (χ4v) is 1.41. The van der Waals surface area contributed by atoms with Crippen LogP contribution in [0.1, 0.15) is 26.7 Å². The van der Waals surface area contributed by atoms with Crippen molar-refractivity contribution in [3.8, 4) is 0 Å². The Morgan fingerprint density at radius 3 is 2.92 bits per heavy atom. The SMILES string of the molecule is CCC(C)(O)CNCC1CCOC1. The summed E-state index contributed by atoms with van der Waals surface area (Å²) in [5.41, 5.74) is -0.556. The van der Waals surface area contributed by atoms with Gasteiger partial charge in [-0.05, 0) is 25.7 Å². The number of nitrogens with one attached hydrogen (secondary N) is 1. The van der Waals surface area contributed by atoms with Gasteiger partial charge in [0.15, 0.2) is 0 Å². The predicted molar refractivity (Wildman–Crippen MR) is 52.7 cm³/mol. The van der Waals surface area contributed by atoms with Crippen LogP contribution < -0.4 is 5.32 Å². The van der Waals surface area contributed by atoms with Crippen molar-refractivity contribution in [1.29, 1.82) is 0 Å². The second kappa shape index (κ2) is 4.94. The summed E-state index contributed by atoms with van der Waals surface area (Å²) in [5, 5.41) is 13.0. The van der Waals surface area contributed by atoms with Gasteiger partial charge in [-0.1, -0.05) is 6.92 Å². The van der Waals surface area contributed by atoms with Crippen LogP contribution in [0.15, 0.2) is 0 Å². The molecule has 0 aromatic rings. The van der Waals surface area contributed by atoms with Gasteiger partial charge in [-0.3, -0.25) is 0 Å². The molecule has 0 aliphatic carbocycles. The lowest BCUT2D eigenvalue weighted by Crippen LogP contribution is -2.39. The fraction of sp³-hybridized carbons (Fsp3) is 1.00. The highest BCUT2D eigenvalue weighted by atomic mass is 16.5. The minimum Gasteiger partial charge on any atom is -0.389 e. The minimum atomic E-state index is -0.556. The Kier molecular flexibility index (Phi) is 4.16. The van der Waals surface area contributed by atoms with E-state index in [1.165, 1.54) is 0 Å². The lowest BCUT2D eigenvalue weighted by atomic mass is 10.0. The van der Waals surface area contributed by atoms with Gasteiger partial charge in [-0.2, -0.15) is 0 Å². The molecule has 2 unspecified atom stereocenters. The molecule has 3 heteroatoms. The number of hydrogen-bond acceptors (Lipinski definition) is 3. The first-order chi connectivity index (χ1) is 6.14. The molecule has 0 radical (unpaired) electrons. The highest BCUT2D eigenvalue weighted by Crippen LogP contribution is 2.11. The van der Waals surface area contributed by atoms with E-state index in [1.807, 2.05) is 13.8 Å². The van der Waals surface area contributed by atoms with Crippen LogP contribution >= 0.6 is 0 Å². The predicted octanol–water partition coefficient (Wildman–Crippen LogP) is 0.774. The van der Waals surface area contributed by atoms with Gasteiger partial charge in [0.25, 0.3) is 0 Å². The molecular weight excluding hydrogens is 166 g/mol. The average molecular weight is 187 g/mol. The van der Waals surface area contributed by atoms with Gasteiger partial charge in [0.1, 0.15) is 0 Å². The Hall–Kier alpha value is -0.120. The van der Waals surface area contributed by atoms with Gasteiger partial charge in [-0.25, -0.2) is 0 Å². The van der Waals surface area contributed by atoms with Crippen molar-refractivity contribution in [2.75, 3.05) is 26.3 Å². The molecule has 1 aliphatic heterocycles. The van der Waals surface area contributed by atoms with E-state index in [0.717, 1.165) is 32.6 Å². The number of rotatable bonds is 5. The van der Waals surface area contributed by atoms with Crippen molar-refractivity contribution in [3.05, 3.63) is 0 Å². The Bertz CT molecular complexity index is 142. The second-order valence-corrected chi connectivity index (χ2v) is 4.21. The van der Waals surface area contributed by atoms with Gasteiger partial charge >= 0.3 is 0 Å². The monoisotopic (exact) mass is 187 g/mol. The molecule has 0 spiro atoms. The molecular formula is C10H21NO2. The molecule has 1 fully saturated rings. The Balaban J connectivity index is 2.06. The summed E-state index contributed by atoms with van der Waals surface area (Å²) in [6.07, 6.45) is 1.95. The van der Waals surface area contributed by atoms with Crippen molar-refractivity contribution in [2.24, 2.45) is 5.92 Å². The molecule has 1 aliphatic rings.